The Labute approximate surface area is 111 Å². The first-order valence-corrected chi connectivity index (χ1v) is 6.65. The molecule has 1 heterocycles. The molecule has 0 aliphatic carbocycles. The van der Waals surface area contributed by atoms with E-state index in [4.69, 9.17) is 0 Å². The van der Waals surface area contributed by atoms with Crippen molar-refractivity contribution in [1.29, 1.82) is 0 Å². The van der Waals surface area contributed by atoms with E-state index in [0.717, 1.165) is 11.4 Å². The largest absolute Gasteiger partial charge is 0.383 e. The molecule has 3 nitrogen and oxygen atoms in total. The van der Waals surface area contributed by atoms with Gasteiger partial charge in [-0.15, -0.1) is 0 Å². The number of hydrogen-bond donors (Lipinski definition) is 1. The summed E-state index contributed by atoms with van der Waals surface area (Å²) in [6, 6.07) is 2.13. The molecule has 0 fully saturated rings. The molecule has 1 rings (SSSR count). The van der Waals surface area contributed by atoms with E-state index in [2.05, 4.69) is 68.4 Å². The van der Waals surface area contributed by atoms with Gasteiger partial charge in [-0.25, -0.2) is 0 Å². The highest BCUT2D eigenvalue weighted by atomic mass is 16.5. The van der Waals surface area contributed by atoms with Crippen LogP contribution in [0.3, 0.4) is 0 Å². The Morgan fingerprint density at radius 3 is 1.56 bits per heavy atom. The molecule has 0 aromatic carbocycles. The predicted octanol–water partition coefficient (Wildman–Crippen LogP) is 3.36. The molecule has 3 heteroatoms. The Bertz CT molecular complexity index is 437. The van der Waals surface area contributed by atoms with E-state index >= 15 is 0 Å². The summed E-state index contributed by atoms with van der Waals surface area (Å²) in [6.45, 7) is 19.2. The first-order chi connectivity index (χ1) is 7.76. The lowest BCUT2D eigenvalue weighted by Gasteiger charge is -2.20. The number of aromatic nitrogens is 2. The second-order valence-electron chi connectivity index (χ2n) is 8.19. The van der Waals surface area contributed by atoms with Gasteiger partial charge < -0.3 is 5.21 Å². The van der Waals surface area contributed by atoms with Crippen LogP contribution in [0.5, 0.6) is 0 Å². The molecule has 0 spiro atoms. The maximum atomic E-state index is 10.5. The number of nitrogens with zero attached hydrogens (tertiary/aromatic N) is 2. The van der Waals surface area contributed by atoms with Crippen molar-refractivity contribution in [3.63, 3.8) is 0 Å². The van der Waals surface area contributed by atoms with Crippen molar-refractivity contribution in [3.8, 4) is 0 Å². The van der Waals surface area contributed by atoms with Crippen LogP contribution in [0.15, 0.2) is 6.07 Å². The van der Waals surface area contributed by atoms with E-state index in [1.807, 2.05) is 4.68 Å². The second kappa shape index (κ2) is 4.01. The highest BCUT2D eigenvalue weighted by molar-refractivity contribution is 5.18. The Balaban J connectivity index is 3.63. The van der Waals surface area contributed by atoms with Crippen molar-refractivity contribution in [2.75, 3.05) is 0 Å². The van der Waals surface area contributed by atoms with E-state index in [-0.39, 0.29) is 16.4 Å². The maximum Gasteiger partial charge on any atom is 0.217 e. The highest BCUT2D eigenvalue weighted by Gasteiger charge is 2.41. The molecule has 0 aliphatic heterocycles. The van der Waals surface area contributed by atoms with Crippen LogP contribution >= 0.6 is 0 Å². The molecular weight excluding hydrogens is 224 g/mol. The minimum atomic E-state index is -0.152. The van der Waals surface area contributed by atoms with Crippen LogP contribution in [0, 0.1) is 0 Å². The Kier molecular flexibility index (Phi) is 3.35. The van der Waals surface area contributed by atoms with Gasteiger partial charge >= 0.3 is 0 Å². The molecule has 0 bridgehead atoms. The van der Waals surface area contributed by atoms with Crippen LogP contribution in [-0.2, 0) is 16.4 Å². The van der Waals surface area contributed by atoms with Crippen LogP contribution in [0.2, 0.25) is 0 Å². The zero-order chi connectivity index (χ0) is 14.5. The molecule has 0 saturated heterocycles. The highest BCUT2D eigenvalue weighted by Crippen LogP contribution is 2.28. The summed E-state index contributed by atoms with van der Waals surface area (Å²) in [5.41, 5.74) is 1.87. The lowest BCUT2D eigenvalue weighted by atomic mass is 9.87. The van der Waals surface area contributed by atoms with Crippen molar-refractivity contribution in [1.82, 2.24) is 4.85 Å². The minimum absolute atomic E-state index is 0.00125. The average molecular weight is 253 g/mol. The van der Waals surface area contributed by atoms with Gasteiger partial charge in [0, 0.05) is 42.5 Å². The number of rotatable bonds is 0. The Morgan fingerprint density at radius 2 is 1.33 bits per heavy atom. The fourth-order valence-corrected chi connectivity index (χ4v) is 2.15. The van der Waals surface area contributed by atoms with Crippen molar-refractivity contribution in [2.24, 2.45) is 0 Å². The average Bonchev–Trinajstić information content (AvgIpc) is 2.39. The fraction of sp³-hybridized carbons (Fsp3) is 0.800. The van der Waals surface area contributed by atoms with Crippen molar-refractivity contribution in [3.05, 3.63) is 17.5 Å². The van der Waals surface area contributed by atoms with Gasteiger partial charge in [-0.05, 0) is 0 Å². The van der Waals surface area contributed by atoms with Crippen molar-refractivity contribution in [2.45, 2.75) is 78.7 Å². The molecule has 18 heavy (non-hydrogen) atoms. The first kappa shape index (κ1) is 15.1. The van der Waals surface area contributed by atoms with Gasteiger partial charge in [0.05, 0.1) is 0 Å². The third kappa shape index (κ3) is 2.70. The fourth-order valence-electron chi connectivity index (χ4n) is 2.15. The predicted molar refractivity (Wildman–Crippen MR) is 74.2 cm³/mol. The normalized spacial score (nSPS) is 14.1. The topological polar surface area (TPSA) is 29.0 Å². The molecule has 0 amide bonds. The van der Waals surface area contributed by atoms with Crippen LogP contribution in [-0.4, -0.2) is 10.1 Å². The summed E-state index contributed by atoms with van der Waals surface area (Å²) in [5.74, 6) is 0. The van der Waals surface area contributed by atoms with Gasteiger partial charge in [0.25, 0.3) is 0 Å². The van der Waals surface area contributed by atoms with E-state index < -0.39 is 0 Å². The zero-order valence-corrected chi connectivity index (χ0v) is 13.4. The molecule has 0 saturated carbocycles. The van der Waals surface area contributed by atoms with Gasteiger partial charge in [0.2, 0.25) is 5.69 Å². The van der Waals surface area contributed by atoms with Gasteiger partial charge in [0.1, 0.15) is 5.69 Å². The van der Waals surface area contributed by atoms with Crippen LogP contribution in [0.1, 0.15) is 73.7 Å². The van der Waals surface area contributed by atoms with E-state index in [1.165, 1.54) is 4.85 Å². The maximum absolute atomic E-state index is 10.5. The molecule has 0 atom stereocenters. The summed E-state index contributed by atoms with van der Waals surface area (Å²) in [6.07, 6.45) is 0. The summed E-state index contributed by atoms with van der Waals surface area (Å²) >= 11 is 0. The smallest absolute Gasteiger partial charge is 0.217 e. The molecular formula is C15H29N2O+. The molecule has 0 unspecified atom stereocenters. The summed E-state index contributed by atoms with van der Waals surface area (Å²) in [7, 11) is 0. The molecule has 104 valence electrons. The lowest BCUT2D eigenvalue weighted by molar-refractivity contribution is -0.854. The summed E-state index contributed by atoms with van der Waals surface area (Å²) < 4.78 is 1.99. The first-order valence-electron chi connectivity index (χ1n) is 6.65. The van der Waals surface area contributed by atoms with Gasteiger partial charge in [-0.3, -0.25) is 0 Å². The summed E-state index contributed by atoms with van der Waals surface area (Å²) in [4.78, 5) is 1.33. The van der Waals surface area contributed by atoms with Crippen molar-refractivity contribution >= 4 is 0 Å². The SMILES string of the molecule is CC(C)(C)c1cc(C(C)(C)C)[n+](C(C)(C)C)n1O. The van der Waals surface area contributed by atoms with E-state index in [0.29, 0.717) is 0 Å². The molecule has 1 aromatic rings. The van der Waals surface area contributed by atoms with Gasteiger partial charge in [-0.2, -0.15) is 0 Å². The van der Waals surface area contributed by atoms with E-state index in [1.54, 1.807) is 0 Å². The van der Waals surface area contributed by atoms with Crippen LogP contribution in [0.4, 0.5) is 0 Å². The molecule has 0 radical (unpaired) electrons. The zero-order valence-electron chi connectivity index (χ0n) is 13.4. The van der Waals surface area contributed by atoms with Crippen LogP contribution < -0.4 is 4.68 Å². The van der Waals surface area contributed by atoms with Crippen LogP contribution in [0.25, 0.3) is 0 Å². The molecule has 0 aliphatic rings. The van der Waals surface area contributed by atoms with Crippen molar-refractivity contribution < 1.29 is 9.89 Å². The standard InChI is InChI=1S/C15H29N2O/c1-13(2,3)11-10-12(14(4,5)6)17(18)16(11)15(7,8)9/h10,18H,1-9H3/q+1. The minimum Gasteiger partial charge on any atom is -0.383 e. The lowest BCUT2D eigenvalue weighted by Crippen LogP contribution is -2.60. The van der Waals surface area contributed by atoms with E-state index in [9.17, 15) is 5.21 Å². The second-order valence-corrected chi connectivity index (χ2v) is 8.19. The quantitative estimate of drug-likeness (QED) is 0.557. The number of hydrogen-bond acceptors (Lipinski definition) is 1. The third-order valence-corrected chi connectivity index (χ3v) is 3.08. The molecule has 1 N–H and O–H groups in total. The summed E-state index contributed by atoms with van der Waals surface area (Å²) in [5, 5.41) is 10.5. The van der Waals surface area contributed by atoms with Gasteiger partial charge in [-0.1, -0.05) is 46.2 Å². The third-order valence-electron chi connectivity index (χ3n) is 3.08. The monoisotopic (exact) mass is 253 g/mol. The van der Waals surface area contributed by atoms with Gasteiger partial charge in [0.15, 0.2) is 5.54 Å². The molecule has 1 aromatic heterocycles. The Hall–Kier alpha value is -0.990. The Morgan fingerprint density at radius 1 is 0.889 bits per heavy atom.